The number of carbonyl (C=O) groups excluding carboxylic acids is 1. The van der Waals surface area contributed by atoms with E-state index in [0.29, 0.717) is 48.5 Å². The van der Waals surface area contributed by atoms with Crippen molar-refractivity contribution >= 4 is 5.91 Å². The van der Waals surface area contributed by atoms with E-state index in [-0.39, 0.29) is 5.91 Å². The first kappa shape index (κ1) is 19.5. The largest absolute Gasteiger partial charge is 0.493 e. The predicted molar refractivity (Wildman–Crippen MR) is 104 cm³/mol. The van der Waals surface area contributed by atoms with Crippen LogP contribution in [-0.2, 0) is 4.79 Å². The molecule has 5 heteroatoms. The molecule has 0 N–H and O–H groups in total. The van der Waals surface area contributed by atoms with Gasteiger partial charge in [0, 0.05) is 25.1 Å². The lowest BCUT2D eigenvalue weighted by Crippen LogP contribution is -2.52. The summed E-state index contributed by atoms with van der Waals surface area (Å²) in [6, 6.07) is 7.66. The molecule has 0 radical (unpaired) electrons. The van der Waals surface area contributed by atoms with Crippen LogP contribution in [0.5, 0.6) is 11.5 Å². The topological polar surface area (TPSA) is 62.6 Å². The number of nitriles is 1. The van der Waals surface area contributed by atoms with E-state index in [1.807, 2.05) is 0 Å². The molecule has 146 valence electrons. The molecule has 1 aliphatic heterocycles. The number of fused-ring (bicyclic) bond motifs is 1. The molecule has 27 heavy (non-hydrogen) atoms. The minimum Gasteiger partial charge on any atom is -0.493 e. The number of likely N-dealkylation sites (tertiary alicyclic amines) is 1. The molecule has 3 rings (SSSR count). The van der Waals surface area contributed by atoms with Crippen LogP contribution in [0.25, 0.3) is 0 Å². The quantitative estimate of drug-likeness (QED) is 0.706. The number of piperidine rings is 1. The zero-order chi connectivity index (χ0) is 19.2. The van der Waals surface area contributed by atoms with Gasteiger partial charge in [-0.25, -0.2) is 0 Å². The Morgan fingerprint density at radius 2 is 2.07 bits per heavy atom. The highest BCUT2D eigenvalue weighted by atomic mass is 16.5. The average Bonchev–Trinajstić information content (AvgIpc) is 2.71. The summed E-state index contributed by atoms with van der Waals surface area (Å²) in [5.74, 6) is 2.87. The average molecular weight is 370 g/mol. The minimum absolute atomic E-state index is 0.272. The lowest BCUT2D eigenvalue weighted by molar-refractivity contribution is -0.139. The Hall–Kier alpha value is -2.22. The number of hydrogen-bond acceptors (Lipinski definition) is 4. The van der Waals surface area contributed by atoms with E-state index in [2.05, 4.69) is 17.9 Å². The van der Waals surface area contributed by atoms with Gasteiger partial charge < -0.3 is 14.4 Å². The van der Waals surface area contributed by atoms with E-state index >= 15 is 0 Å². The molecule has 1 aliphatic carbocycles. The third kappa shape index (κ3) is 4.55. The number of methoxy groups -OCH3 is 1. The van der Waals surface area contributed by atoms with Gasteiger partial charge in [0.1, 0.15) is 0 Å². The van der Waals surface area contributed by atoms with Crippen molar-refractivity contribution in [3.8, 4) is 17.6 Å². The number of benzene rings is 1. The summed E-state index contributed by atoms with van der Waals surface area (Å²) in [5.41, 5.74) is 0.538. The van der Waals surface area contributed by atoms with Crippen LogP contribution in [0.4, 0.5) is 0 Å². The molecule has 2 fully saturated rings. The molecular formula is C22H30N2O3. The fourth-order valence-electron chi connectivity index (χ4n) is 4.63. The standard InChI is InChI=1S/C22H30N2O3/c1-16-11-12-24(19-7-4-3-6-18(16)19)22(25)8-5-13-27-20-10-9-17(15-23)14-21(20)26-2/h9-10,14,16,18-19H,3-8,11-13H2,1-2H3/t16-,18-,19-/m1/s1. The first-order valence-corrected chi connectivity index (χ1v) is 10.1. The maximum Gasteiger partial charge on any atom is 0.222 e. The van der Waals surface area contributed by atoms with Gasteiger partial charge in [0.05, 0.1) is 25.3 Å². The fourth-order valence-corrected chi connectivity index (χ4v) is 4.63. The van der Waals surface area contributed by atoms with Crippen LogP contribution in [0.15, 0.2) is 18.2 Å². The summed E-state index contributed by atoms with van der Waals surface area (Å²) in [4.78, 5) is 14.9. The summed E-state index contributed by atoms with van der Waals surface area (Å²) in [6.45, 7) is 3.72. The number of rotatable bonds is 6. The van der Waals surface area contributed by atoms with E-state index in [1.54, 1.807) is 25.3 Å². The number of carbonyl (C=O) groups is 1. The number of amides is 1. The van der Waals surface area contributed by atoms with E-state index in [1.165, 1.54) is 25.7 Å². The second-order valence-corrected chi connectivity index (χ2v) is 7.80. The normalized spacial score (nSPS) is 24.6. The highest BCUT2D eigenvalue weighted by molar-refractivity contribution is 5.76. The zero-order valence-electron chi connectivity index (χ0n) is 16.4. The van der Waals surface area contributed by atoms with Crippen LogP contribution in [0.1, 0.15) is 57.4 Å². The van der Waals surface area contributed by atoms with Crippen LogP contribution in [0.3, 0.4) is 0 Å². The van der Waals surface area contributed by atoms with Gasteiger partial charge in [-0.1, -0.05) is 19.8 Å². The Morgan fingerprint density at radius 3 is 2.85 bits per heavy atom. The van der Waals surface area contributed by atoms with Gasteiger partial charge in [-0.3, -0.25) is 4.79 Å². The van der Waals surface area contributed by atoms with E-state index in [9.17, 15) is 4.79 Å². The molecule has 1 aromatic carbocycles. The molecule has 1 heterocycles. The van der Waals surface area contributed by atoms with Crippen LogP contribution in [-0.4, -0.2) is 37.1 Å². The number of ether oxygens (including phenoxy) is 2. The fraction of sp³-hybridized carbons (Fsp3) is 0.636. The SMILES string of the molecule is COc1cc(C#N)ccc1OCCCC(=O)N1CC[C@@H](C)[C@H]2CCCC[C@H]21. The van der Waals surface area contributed by atoms with Gasteiger partial charge >= 0.3 is 0 Å². The lowest BCUT2D eigenvalue weighted by atomic mass is 9.72. The Balaban J connectivity index is 1.49. The molecule has 1 aromatic rings. The molecular weight excluding hydrogens is 340 g/mol. The molecule has 1 saturated carbocycles. The van der Waals surface area contributed by atoms with Gasteiger partial charge in [0.15, 0.2) is 11.5 Å². The molecule has 0 aromatic heterocycles. The molecule has 0 spiro atoms. The Bertz CT molecular complexity index is 697. The molecule has 3 atom stereocenters. The van der Waals surface area contributed by atoms with Crippen LogP contribution in [0, 0.1) is 23.2 Å². The van der Waals surface area contributed by atoms with Crippen molar-refractivity contribution in [2.75, 3.05) is 20.3 Å². The summed E-state index contributed by atoms with van der Waals surface area (Å²) in [6.07, 6.45) is 7.34. The van der Waals surface area contributed by atoms with Gasteiger partial charge in [-0.2, -0.15) is 5.26 Å². The van der Waals surface area contributed by atoms with Crippen LogP contribution < -0.4 is 9.47 Å². The Labute approximate surface area is 162 Å². The van der Waals surface area contributed by atoms with Gasteiger partial charge in [-0.15, -0.1) is 0 Å². The monoisotopic (exact) mass is 370 g/mol. The van der Waals surface area contributed by atoms with E-state index in [4.69, 9.17) is 14.7 Å². The third-order valence-electron chi connectivity index (χ3n) is 6.14. The zero-order valence-corrected chi connectivity index (χ0v) is 16.4. The minimum atomic E-state index is 0.272. The van der Waals surface area contributed by atoms with Gasteiger partial charge in [0.2, 0.25) is 5.91 Å². The third-order valence-corrected chi connectivity index (χ3v) is 6.14. The molecule has 1 saturated heterocycles. The van der Waals surface area contributed by atoms with Crippen molar-refractivity contribution in [2.45, 2.75) is 57.9 Å². The molecule has 1 amide bonds. The first-order chi connectivity index (χ1) is 13.1. The maximum absolute atomic E-state index is 12.8. The van der Waals surface area contributed by atoms with Crippen LogP contribution >= 0.6 is 0 Å². The van der Waals surface area contributed by atoms with Crippen molar-refractivity contribution in [1.82, 2.24) is 4.90 Å². The molecule has 2 aliphatic rings. The highest BCUT2D eigenvalue weighted by Crippen LogP contribution is 2.39. The predicted octanol–water partition coefficient (Wildman–Crippen LogP) is 4.15. The van der Waals surface area contributed by atoms with Crippen molar-refractivity contribution in [3.05, 3.63) is 23.8 Å². The van der Waals surface area contributed by atoms with Crippen LogP contribution in [0.2, 0.25) is 0 Å². The smallest absolute Gasteiger partial charge is 0.222 e. The van der Waals surface area contributed by atoms with E-state index in [0.717, 1.165) is 18.9 Å². The van der Waals surface area contributed by atoms with Gasteiger partial charge in [0.25, 0.3) is 0 Å². The maximum atomic E-state index is 12.8. The summed E-state index contributed by atoms with van der Waals surface area (Å²) in [7, 11) is 1.56. The van der Waals surface area contributed by atoms with Crippen molar-refractivity contribution < 1.29 is 14.3 Å². The van der Waals surface area contributed by atoms with Crippen molar-refractivity contribution in [1.29, 1.82) is 5.26 Å². The second-order valence-electron chi connectivity index (χ2n) is 7.80. The number of nitrogens with zero attached hydrogens (tertiary/aromatic N) is 2. The van der Waals surface area contributed by atoms with E-state index < -0.39 is 0 Å². The van der Waals surface area contributed by atoms with Crippen molar-refractivity contribution in [3.63, 3.8) is 0 Å². The number of hydrogen-bond donors (Lipinski definition) is 0. The molecule has 5 nitrogen and oxygen atoms in total. The molecule has 0 unspecified atom stereocenters. The highest BCUT2D eigenvalue weighted by Gasteiger charge is 2.38. The summed E-state index contributed by atoms with van der Waals surface area (Å²) in [5, 5.41) is 8.96. The second kappa shape index (κ2) is 9.12. The first-order valence-electron chi connectivity index (χ1n) is 10.1. The summed E-state index contributed by atoms with van der Waals surface area (Å²) >= 11 is 0. The Kier molecular flexibility index (Phi) is 6.60. The Morgan fingerprint density at radius 1 is 1.26 bits per heavy atom. The lowest BCUT2D eigenvalue weighted by Gasteiger charge is -2.47. The molecule has 0 bridgehead atoms. The van der Waals surface area contributed by atoms with Gasteiger partial charge in [-0.05, 0) is 49.7 Å². The summed E-state index contributed by atoms with van der Waals surface area (Å²) < 4.78 is 11.1. The van der Waals surface area contributed by atoms with Crippen molar-refractivity contribution in [2.24, 2.45) is 11.8 Å².